The summed E-state index contributed by atoms with van der Waals surface area (Å²) < 4.78 is 65.0. The summed E-state index contributed by atoms with van der Waals surface area (Å²) in [6.07, 6.45) is -2.84. The summed E-state index contributed by atoms with van der Waals surface area (Å²) in [6, 6.07) is 8.66. The number of para-hydroxylation sites is 1. The molecule has 0 bridgehead atoms. The van der Waals surface area contributed by atoms with Crippen LogP contribution in [0.3, 0.4) is 0 Å². The van der Waals surface area contributed by atoms with Gasteiger partial charge in [0.2, 0.25) is 0 Å². The fourth-order valence-corrected chi connectivity index (χ4v) is 6.06. The average Bonchev–Trinajstić information content (AvgIpc) is 3.55. The van der Waals surface area contributed by atoms with E-state index in [2.05, 4.69) is 10.1 Å². The molecule has 0 radical (unpaired) electrons. The van der Waals surface area contributed by atoms with Crippen molar-refractivity contribution >= 4 is 13.7 Å². The molecule has 2 aromatic rings. The molecular weight excluding hydrogens is 564 g/mol. The molecule has 226 valence electrons. The number of nitrogens with zero attached hydrogens (tertiary/aromatic N) is 1. The van der Waals surface area contributed by atoms with Crippen LogP contribution in [0.25, 0.3) is 0 Å². The standard InChI is InChI=1S/C26H35FN3O10P/c1-4-5-11-21(32)39-22-19(38-24(26(22,3)27)30-13-12-20(31)28-25(30)33)16-37-41(34,40-18-9-7-6-8-10-18)29-17(2)23-35-14-15-36-23/h6-10,12-13,17,19,22-24H,4-5,11,14-16H2,1-3H3,(H,29,34)(H,28,31,33)/t17?,19-,22-,24?,26-,41?/m1/s1. The van der Waals surface area contributed by atoms with E-state index in [1.54, 1.807) is 37.3 Å². The molecule has 0 aliphatic carbocycles. The Labute approximate surface area is 235 Å². The summed E-state index contributed by atoms with van der Waals surface area (Å²) in [7, 11) is -4.20. The molecule has 2 aliphatic rings. The number of esters is 1. The molecule has 1 aromatic carbocycles. The quantitative estimate of drug-likeness (QED) is 0.258. The number of halogens is 1. The van der Waals surface area contributed by atoms with Crippen LogP contribution in [0, 0.1) is 0 Å². The number of carbonyl (C=O) groups excluding carboxylic acids is 1. The number of unbranched alkanes of at least 4 members (excludes halogenated alkanes) is 1. The number of aromatic amines is 1. The Morgan fingerprint density at radius 3 is 2.61 bits per heavy atom. The minimum Gasteiger partial charge on any atom is -0.456 e. The molecular formula is C26H35FN3O10P. The Morgan fingerprint density at radius 1 is 1.24 bits per heavy atom. The van der Waals surface area contributed by atoms with Gasteiger partial charge >= 0.3 is 19.4 Å². The summed E-state index contributed by atoms with van der Waals surface area (Å²) >= 11 is 0. The summed E-state index contributed by atoms with van der Waals surface area (Å²) in [5, 5.41) is 2.78. The normalized spacial score (nSPS) is 26.9. The van der Waals surface area contributed by atoms with Crippen LogP contribution in [-0.2, 0) is 32.8 Å². The Bertz CT molecular complexity index is 1330. The zero-order chi connectivity index (χ0) is 29.6. The van der Waals surface area contributed by atoms with Gasteiger partial charge < -0.3 is 23.5 Å². The Hall–Kier alpha value is -2.87. The van der Waals surface area contributed by atoms with Gasteiger partial charge in [0.15, 0.2) is 24.3 Å². The highest BCUT2D eigenvalue weighted by atomic mass is 31.2. The number of nitrogens with one attached hydrogen (secondary N) is 2. The van der Waals surface area contributed by atoms with E-state index in [-0.39, 0.29) is 12.2 Å². The number of alkyl halides is 1. The second-order valence-corrected chi connectivity index (χ2v) is 11.6. The van der Waals surface area contributed by atoms with Crippen LogP contribution >= 0.6 is 7.75 Å². The van der Waals surface area contributed by atoms with Gasteiger partial charge in [-0.15, -0.1) is 0 Å². The largest absolute Gasteiger partial charge is 0.459 e. The molecule has 1 aromatic heterocycles. The molecule has 2 saturated heterocycles. The summed E-state index contributed by atoms with van der Waals surface area (Å²) in [5.41, 5.74) is -4.05. The SMILES string of the molecule is CCCCC(=O)O[C@@H]1[C@@H](COP(=O)(NC(C)C2OCCO2)Oc2ccccc2)OC(n2ccc(=O)[nH]c2=O)[C@]1(C)F. The van der Waals surface area contributed by atoms with Gasteiger partial charge in [0.1, 0.15) is 11.9 Å². The topological polar surface area (TPSA) is 156 Å². The number of ether oxygens (including phenoxy) is 4. The van der Waals surface area contributed by atoms with E-state index >= 15 is 4.39 Å². The number of hydrogen-bond acceptors (Lipinski definition) is 10. The van der Waals surface area contributed by atoms with Crippen molar-refractivity contribution in [2.24, 2.45) is 0 Å². The van der Waals surface area contributed by atoms with Gasteiger partial charge in [-0.1, -0.05) is 31.5 Å². The van der Waals surface area contributed by atoms with E-state index < -0.39 is 68.0 Å². The fraction of sp³-hybridized carbons (Fsp3) is 0.577. The Kier molecular flexibility index (Phi) is 10.2. The van der Waals surface area contributed by atoms with Crippen molar-refractivity contribution in [3.63, 3.8) is 0 Å². The van der Waals surface area contributed by atoms with Crippen LogP contribution in [0.5, 0.6) is 5.75 Å². The molecule has 0 spiro atoms. The minimum absolute atomic E-state index is 0.0377. The van der Waals surface area contributed by atoms with Crippen molar-refractivity contribution in [1.29, 1.82) is 0 Å². The minimum atomic E-state index is -4.20. The van der Waals surface area contributed by atoms with E-state index in [9.17, 15) is 18.9 Å². The van der Waals surface area contributed by atoms with Crippen LogP contribution in [0.4, 0.5) is 4.39 Å². The highest BCUT2D eigenvalue weighted by Gasteiger charge is 2.58. The molecule has 4 rings (SSSR count). The second-order valence-electron chi connectivity index (χ2n) is 9.93. The van der Waals surface area contributed by atoms with Crippen LogP contribution in [-0.4, -0.2) is 65.5 Å². The zero-order valence-electron chi connectivity index (χ0n) is 23.0. The summed E-state index contributed by atoms with van der Waals surface area (Å²) in [6.45, 7) is 4.84. The maximum absolute atomic E-state index is 16.4. The second kappa shape index (κ2) is 13.4. The number of benzene rings is 1. The highest BCUT2D eigenvalue weighted by Crippen LogP contribution is 2.48. The highest BCUT2D eigenvalue weighted by molar-refractivity contribution is 7.52. The first-order chi connectivity index (χ1) is 19.5. The molecule has 2 N–H and O–H groups in total. The van der Waals surface area contributed by atoms with Gasteiger partial charge in [-0.3, -0.25) is 23.7 Å². The lowest BCUT2D eigenvalue weighted by atomic mass is 9.98. The van der Waals surface area contributed by atoms with E-state index in [4.69, 9.17) is 28.0 Å². The lowest BCUT2D eigenvalue weighted by molar-refractivity contribution is -0.158. The van der Waals surface area contributed by atoms with E-state index in [1.165, 1.54) is 0 Å². The fourth-order valence-electron chi connectivity index (χ4n) is 4.52. The van der Waals surface area contributed by atoms with Crippen LogP contribution in [0.1, 0.15) is 46.3 Å². The number of H-pyrrole nitrogens is 1. The van der Waals surface area contributed by atoms with Crippen molar-refractivity contribution in [3.05, 3.63) is 63.4 Å². The third kappa shape index (κ3) is 7.70. The van der Waals surface area contributed by atoms with Crippen molar-refractivity contribution in [2.45, 2.75) is 76.5 Å². The molecule has 2 fully saturated rings. The van der Waals surface area contributed by atoms with Gasteiger partial charge in [0.05, 0.1) is 25.9 Å². The molecule has 13 nitrogen and oxygen atoms in total. The first kappa shape index (κ1) is 31.1. The van der Waals surface area contributed by atoms with E-state index in [0.29, 0.717) is 26.1 Å². The number of rotatable bonds is 13. The molecule has 15 heteroatoms. The van der Waals surface area contributed by atoms with Crippen LogP contribution in [0.15, 0.2) is 52.2 Å². The van der Waals surface area contributed by atoms with E-state index in [0.717, 1.165) is 23.8 Å². The molecule has 0 saturated carbocycles. The molecule has 3 unspecified atom stereocenters. The third-order valence-electron chi connectivity index (χ3n) is 6.57. The number of aromatic nitrogens is 2. The number of carbonyl (C=O) groups is 1. The maximum atomic E-state index is 16.4. The lowest BCUT2D eigenvalue weighted by Gasteiger charge is -2.29. The van der Waals surface area contributed by atoms with Gasteiger partial charge in [-0.05, 0) is 32.4 Å². The van der Waals surface area contributed by atoms with Crippen molar-refractivity contribution in [3.8, 4) is 5.75 Å². The molecule has 41 heavy (non-hydrogen) atoms. The Balaban J connectivity index is 1.59. The van der Waals surface area contributed by atoms with Gasteiger partial charge in [-0.25, -0.2) is 18.8 Å². The van der Waals surface area contributed by atoms with Gasteiger partial charge in [-0.2, -0.15) is 0 Å². The smallest absolute Gasteiger partial charge is 0.456 e. The number of hydrogen-bond donors (Lipinski definition) is 2. The van der Waals surface area contributed by atoms with Crippen molar-refractivity contribution in [1.82, 2.24) is 14.6 Å². The molecule has 6 atom stereocenters. The summed E-state index contributed by atoms with van der Waals surface area (Å²) in [5.74, 6) is -0.443. The van der Waals surface area contributed by atoms with Crippen LogP contribution in [0.2, 0.25) is 0 Å². The van der Waals surface area contributed by atoms with Crippen molar-refractivity contribution < 1.29 is 41.7 Å². The van der Waals surface area contributed by atoms with Gasteiger partial charge in [0, 0.05) is 18.7 Å². The van der Waals surface area contributed by atoms with Crippen molar-refractivity contribution in [2.75, 3.05) is 19.8 Å². The molecule has 0 amide bonds. The first-order valence-electron chi connectivity index (χ1n) is 13.4. The van der Waals surface area contributed by atoms with Crippen LogP contribution < -0.4 is 20.9 Å². The Morgan fingerprint density at radius 2 is 1.95 bits per heavy atom. The molecule has 2 aliphatic heterocycles. The third-order valence-corrected chi connectivity index (χ3v) is 8.24. The lowest BCUT2D eigenvalue weighted by Crippen LogP contribution is -2.46. The zero-order valence-corrected chi connectivity index (χ0v) is 23.9. The monoisotopic (exact) mass is 599 g/mol. The summed E-state index contributed by atoms with van der Waals surface area (Å²) in [4.78, 5) is 38.7. The van der Waals surface area contributed by atoms with E-state index in [1.807, 2.05) is 6.92 Å². The average molecular weight is 600 g/mol. The van der Waals surface area contributed by atoms with Gasteiger partial charge in [0.25, 0.3) is 5.56 Å². The molecule has 3 heterocycles. The predicted octanol–water partition coefficient (Wildman–Crippen LogP) is 2.82. The maximum Gasteiger partial charge on any atom is 0.459 e. The predicted molar refractivity (Wildman–Crippen MR) is 143 cm³/mol. The first-order valence-corrected chi connectivity index (χ1v) is 14.9.